The van der Waals surface area contributed by atoms with Gasteiger partial charge in [-0.25, -0.2) is 0 Å². The monoisotopic (exact) mass is 431 g/mol. The number of nitrogens with zero attached hydrogens (tertiary/aromatic N) is 1. The fourth-order valence-electron chi connectivity index (χ4n) is 2.99. The number of methoxy groups -OCH3 is 1. The van der Waals surface area contributed by atoms with E-state index >= 15 is 0 Å². The molecule has 0 heterocycles. The number of benzene rings is 2. The summed E-state index contributed by atoms with van der Waals surface area (Å²) in [5.74, 6) is 1.03. The molecule has 2 aromatic rings. The van der Waals surface area contributed by atoms with Gasteiger partial charge in [0, 0.05) is 25.7 Å². The van der Waals surface area contributed by atoms with E-state index in [1.54, 1.807) is 7.11 Å². The maximum atomic E-state index is 6.18. The molecule has 152 valence electrons. The number of rotatable bonds is 8. The average Bonchev–Trinajstić information content (AvgIpc) is 2.60. The maximum absolute atomic E-state index is 6.18. The molecule has 0 saturated heterocycles. The van der Waals surface area contributed by atoms with Gasteiger partial charge in [-0.05, 0) is 16.1 Å². The van der Waals surface area contributed by atoms with Gasteiger partial charge in [0.2, 0.25) is 0 Å². The van der Waals surface area contributed by atoms with Crippen molar-refractivity contribution in [2.75, 3.05) is 21.0 Å². The van der Waals surface area contributed by atoms with Gasteiger partial charge >= 0.3 is 0 Å². The molecule has 0 amide bonds. The highest BCUT2D eigenvalue weighted by Crippen LogP contribution is 2.23. The van der Waals surface area contributed by atoms with E-state index in [0.29, 0.717) is 8.58 Å². The molecule has 2 rings (SSSR count). The standard InChI is InChI=1S/C22H34NO2PSi2/c1-23-15-17-11-9-10-12-19(17)26-20-13-18(27(3,4)5)14-21(28(6,7)8)22(20)25-16-24-2/h9-15,26H,16H2,1-8H3. The van der Waals surface area contributed by atoms with Crippen LogP contribution in [0.25, 0.3) is 0 Å². The van der Waals surface area contributed by atoms with Crippen LogP contribution in [0.15, 0.2) is 41.4 Å². The van der Waals surface area contributed by atoms with Crippen LogP contribution in [0.5, 0.6) is 5.75 Å². The molecule has 3 nitrogen and oxygen atoms in total. The number of ether oxygens (including phenoxy) is 2. The third-order valence-corrected chi connectivity index (χ3v) is 9.96. The Morgan fingerprint density at radius 2 is 1.64 bits per heavy atom. The van der Waals surface area contributed by atoms with Gasteiger partial charge in [0.15, 0.2) is 6.79 Å². The Morgan fingerprint density at radius 1 is 0.964 bits per heavy atom. The molecule has 1 atom stereocenters. The Balaban J connectivity index is 2.69. The zero-order valence-electron chi connectivity index (χ0n) is 18.5. The van der Waals surface area contributed by atoms with Crippen molar-refractivity contribution in [3.05, 3.63) is 42.0 Å². The minimum absolute atomic E-state index is 0.277. The molecule has 0 aliphatic heterocycles. The number of hydrogen-bond acceptors (Lipinski definition) is 3. The van der Waals surface area contributed by atoms with Crippen molar-refractivity contribution in [1.82, 2.24) is 0 Å². The Morgan fingerprint density at radius 3 is 2.21 bits per heavy atom. The van der Waals surface area contributed by atoms with Gasteiger partial charge in [-0.3, -0.25) is 4.99 Å². The summed E-state index contributed by atoms with van der Waals surface area (Å²) in [6.45, 7) is 14.7. The van der Waals surface area contributed by atoms with E-state index in [9.17, 15) is 0 Å². The zero-order valence-corrected chi connectivity index (χ0v) is 21.5. The summed E-state index contributed by atoms with van der Waals surface area (Å²) < 4.78 is 11.4. The lowest BCUT2D eigenvalue weighted by atomic mass is 10.2. The zero-order chi connectivity index (χ0) is 20.9. The molecular weight excluding hydrogens is 397 g/mol. The second kappa shape index (κ2) is 9.49. The van der Waals surface area contributed by atoms with Gasteiger partial charge < -0.3 is 9.47 Å². The predicted octanol–water partition coefficient (Wildman–Crippen LogP) is 3.44. The topological polar surface area (TPSA) is 30.8 Å². The molecule has 0 aliphatic carbocycles. The van der Waals surface area contributed by atoms with Gasteiger partial charge in [0.05, 0.1) is 16.1 Å². The van der Waals surface area contributed by atoms with Crippen molar-refractivity contribution in [1.29, 1.82) is 0 Å². The first kappa shape index (κ1) is 23.0. The normalized spacial score (nSPS) is 13.0. The first-order chi connectivity index (χ1) is 13.1. The Labute approximate surface area is 174 Å². The van der Waals surface area contributed by atoms with Gasteiger partial charge in [-0.1, -0.05) is 89.4 Å². The molecule has 1 unspecified atom stereocenters. The largest absolute Gasteiger partial charge is 0.467 e. The summed E-state index contributed by atoms with van der Waals surface area (Å²) in [4.78, 5) is 4.24. The lowest BCUT2D eigenvalue weighted by Crippen LogP contribution is -2.48. The summed E-state index contributed by atoms with van der Waals surface area (Å²) in [6, 6.07) is 13.3. The van der Waals surface area contributed by atoms with E-state index in [4.69, 9.17) is 9.47 Å². The summed E-state index contributed by atoms with van der Waals surface area (Å²) >= 11 is 0. The first-order valence-corrected chi connectivity index (χ1v) is 17.7. The molecule has 0 saturated carbocycles. The van der Waals surface area contributed by atoms with Crippen LogP contribution in [0.1, 0.15) is 5.56 Å². The molecule has 28 heavy (non-hydrogen) atoms. The van der Waals surface area contributed by atoms with Crippen molar-refractivity contribution >= 4 is 51.9 Å². The molecule has 2 aromatic carbocycles. The average molecular weight is 432 g/mol. The smallest absolute Gasteiger partial charge is 0.188 e. The minimum Gasteiger partial charge on any atom is -0.467 e. The molecule has 0 N–H and O–H groups in total. The lowest BCUT2D eigenvalue weighted by Gasteiger charge is -2.28. The van der Waals surface area contributed by atoms with E-state index < -0.39 is 16.1 Å². The number of hydrogen-bond donors (Lipinski definition) is 0. The second-order valence-electron chi connectivity index (χ2n) is 9.05. The SMILES string of the molecule is CN=Cc1ccccc1Pc1cc([Si](C)(C)C)cc([Si](C)(C)C)c1OCOC. The van der Waals surface area contributed by atoms with Gasteiger partial charge in [0.25, 0.3) is 0 Å². The molecule has 0 aliphatic rings. The van der Waals surface area contributed by atoms with Crippen LogP contribution in [0, 0.1) is 0 Å². The Bertz CT molecular complexity index is 839. The molecular formula is C22H34NO2PSi2. The first-order valence-electron chi connectivity index (χ1n) is 9.67. The van der Waals surface area contributed by atoms with Gasteiger partial charge in [-0.2, -0.15) is 0 Å². The number of aliphatic imine (C=N–C) groups is 1. The fourth-order valence-corrected chi connectivity index (χ4v) is 7.35. The third kappa shape index (κ3) is 5.87. The molecule has 0 spiro atoms. The van der Waals surface area contributed by atoms with Gasteiger partial charge in [-0.15, -0.1) is 0 Å². The van der Waals surface area contributed by atoms with E-state index in [0.717, 1.165) is 5.75 Å². The molecule has 0 aromatic heterocycles. The van der Waals surface area contributed by atoms with E-state index in [1.807, 2.05) is 13.3 Å². The van der Waals surface area contributed by atoms with Crippen molar-refractivity contribution in [3.63, 3.8) is 0 Å². The highest BCUT2D eigenvalue weighted by Gasteiger charge is 2.28. The van der Waals surface area contributed by atoms with Crippen molar-refractivity contribution < 1.29 is 9.47 Å². The predicted molar refractivity (Wildman–Crippen MR) is 132 cm³/mol. The van der Waals surface area contributed by atoms with Crippen LogP contribution < -0.4 is 25.7 Å². The Hall–Kier alpha value is -1.27. The molecule has 0 fully saturated rings. The van der Waals surface area contributed by atoms with E-state index in [1.165, 1.54) is 26.5 Å². The lowest BCUT2D eigenvalue weighted by molar-refractivity contribution is 0.0526. The van der Waals surface area contributed by atoms with Crippen LogP contribution in [0.3, 0.4) is 0 Å². The molecule has 0 bridgehead atoms. The van der Waals surface area contributed by atoms with E-state index in [-0.39, 0.29) is 6.79 Å². The van der Waals surface area contributed by atoms with E-state index in [2.05, 4.69) is 80.7 Å². The van der Waals surface area contributed by atoms with Crippen molar-refractivity contribution in [2.45, 2.75) is 39.3 Å². The van der Waals surface area contributed by atoms with Gasteiger partial charge in [0.1, 0.15) is 5.75 Å². The maximum Gasteiger partial charge on any atom is 0.188 e. The van der Waals surface area contributed by atoms with Crippen LogP contribution in [0.2, 0.25) is 39.3 Å². The summed E-state index contributed by atoms with van der Waals surface area (Å²) in [6.07, 6.45) is 1.94. The van der Waals surface area contributed by atoms with Crippen LogP contribution in [0.4, 0.5) is 0 Å². The summed E-state index contributed by atoms with van der Waals surface area (Å²) in [5, 5.41) is 5.48. The summed E-state index contributed by atoms with van der Waals surface area (Å²) in [5.41, 5.74) is 1.17. The van der Waals surface area contributed by atoms with Crippen molar-refractivity contribution in [2.24, 2.45) is 4.99 Å². The highest BCUT2D eigenvalue weighted by atomic mass is 31.1. The van der Waals surface area contributed by atoms with Crippen LogP contribution in [-0.4, -0.2) is 43.3 Å². The minimum atomic E-state index is -1.60. The fraction of sp³-hybridized carbons (Fsp3) is 0.409. The molecule has 0 radical (unpaired) electrons. The second-order valence-corrected chi connectivity index (χ2v) is 20.5. The molecule has 6 heteroatoms. The highest BCUT2D eigenvalue weighted by molar-refractivity contribution is 7.56. The Kier molecular flexibility index (Phi) is 7.80. The quantitative estimate of drug-likeness (QED) is 0.277. The van der Waals surface area contributed by atoms with Crippen molar-refractivity contribution in [3.8, 4) is 5.75 Å². The third-order valence-electron chi connectivity index (χ3n) is 4.58. The summed E-state index contributed by atoms with van der Waals surface area (Å²) in [7, 11) is 0.964. The van der Waals surface area contributed by atoms with Crippen LogP contribution in [-0.2, 0) is 4.74 Å². The van der Waals surface area contributed by atoms with Crippen LogP contribution >= 0.6 is 8.58 Å².